The molecule has 1 saturated carbocycles. The second-order valence-electron chi connectivity index (χ2n) is 7.24. The predicted molar refractivity (Wildman–Crippen MR) is 105 cm³/mol. The van der Waals surface area contributed by atoms with Crippen LogP contribution < -0.4 is 10.6 Å². The third-order valence-corrected chi connectivity index (χ3v) is 4.95. The van der Waals surface area contributed by atoms with Crippen molar-refractivity contribution >= 4 is 17.5 Å². The molecule has 0 bridgehead atoms. The molecule has 2 heterocycles. The molecule has 2 aromatic rings. The first kappa shape index (κ1) is 19.1. The zero-order chi connectivity index (χ0) is 19.1. The Morgan fingerprint density at radius 2 is 2.04 bits per heavy atom. The van der Waals surface area contributed by atoms with Gasteiger partial charge in [0.2, 0.25) is 5.91 Å². The molecule has 0 aliphatic heterocycles. The fraction of sp³-hybridized carbons (Fsp3) is 0.579. The van der Waals surface area contributed by atoms with E-state index in [1.165, 1.54) is 32.1 Å². The summed E-state index contributed by atoms with van der Waals surface area (Å²) in [5, 5.41) is 14.9. The smallest absolute Gasteiger partial charge is 0.241 e. The Morgan fingerprint density at radius 3 is 2.81 bits per heavy atom. The number of aliphatic imine (C=N–C) groups is 1. The highest BCUT2D eigenvalue weighted by atomic mass is 16.2. The van der Waals surface area contributed by atoms with E-state index < -0.39 is 0 Å². The summed E-state index contributed by atoms with van der Waals surface area (Å²) in [7, 11) is 3.50. The Labute approximate surface area is 160 Å². The van der Waals surface area contributed by atoms with Gasteiger partial charge in [-0.3, -0.25) is 9.20 Å². The van der Waals surface area contributed by atoms with E-state index in [9.17, 15) is 4.79 Å². The molecule has 146 valence electrons. The fourth-order valence-corrected chi connectivity index (χ4v) is 3.27. The molecule has 0 spiro atoms. The summed E-state index contributed by atoms with van der Waals surface area (Å²) in [5.41, 5.74) is 0.801. The van der Waals surface area contributed by atoms with Crippen LogP contribution in [0.25, 0.3) is 5.65 Å². The van der Waals surface area contributed by atoms with Crippen molar-refractivity contribution in [2.45, 2.75) is 38.6 Å². The number of pyridine rings is 1. The van der Waals surface area contributed by atoms with Crippen LogP contribution in [0.4, 0.5) is 0 Å². The van der Waals surface area contributed by atoms with Gasteiger partial charge in [0.25, 0.3) is 0 Å². The second kappa shape index (κ2) is 9.34. The number of rotatable bonds is 6. The highest BCUT2D eigenvalue weighted by molar-refractivity contribution is 5.86. The first-order chi connectivity index (χ1) is 13.1. The lowest BCUT2D eigenvalue weighted by Crippen LogP contribution is -2.44. The molecule has 8 heteroatoms. The van der Waals surface area contributed by atoms with Gasteiger partial charge in [-0.2, -0.15) is 0 Å². The van der Waals surface area contributed by atoms with Gasteiger partial charge in [0, 0.05) is 26.8 Å². The van der Waals surface area contributed by atoms with E-state index in [-0.39, 0.29) is 12.5 Å². The molecule has 0 radical (unpaired) electrons. The monoisotopic (exact) mass is 371 g/mol. The number of hydrogen-bond acceptors (Lipinski definition) is 4. The number of guanidine groups is 1. The van der Waals surface area contributed by atoms with Crippen LogP contribution in [0.5, 0.6) is 0 Å². The van der Waals surface area contributed by atoms with E-state index in [0.717, 1.165) is 18.0 Å². The number of carbonyl (C=O) groups excluding carboxylic acids is 1. The van der Waals surface area contributed by atoms with Crippen LogP contribution in [0.15, 0.2) is 29.4 Å². The van der Waals surface area contributed by atoms with Crippen molar-refractivity contribution in [1.82, 2.24) is 30.1 Å². The summed E-state index contributed by atoms with van der Waals surface area (Å²) in [4.78, 5) is 18.1. The fourth-order valence-electron chi connectivity index (χ4n) is 3.27. The van der Waals surface area contributed by atoms with Gasteiger partial charge >= 0.3 is 0 Å². The summed E-state index contributed by atoms with van der Waals surface area (Å²) in [5.74, 6) is 2.09. The Kier molecular flexibility index (Phi) is 6.62. The van der Waals surface area contributed by atoms with Gasteiger partial charge in [0.05, 0.1) is 6.54 Å². The molecule has 1 fully saturated rings. The van der Waals surface area contributed by atoms with Gasteiger partial charge in [0.1, 0.15) is 6.54 Å². The Morgan fingerprint density at radius 1 is 1.22 bits per heavy atom. The van der Waals surface area contributed by atoms with E-state index in [1.54, 1.807) is 19.0 Å². The second-order valence-corrected chi connectivity index (χ2v) is 7.24. The van der Waals surface area contributed by atoms with Crippen molar-refractivity contribution in [3.8, 4) is 0 Å². The lowest BCUT2D eigenvalue weighted by Gasteiger charge is -2.23. The Bertz CT molecular complexity index is 777. The van der Waals surface area contributed by atoms with Crippen molar-refractivity contribution in [2.75, 3.05) is 27.2 Å². The summed E-state index contributed by atoms with van der Waals surface area (Å²) in [6, 6.07) is 5.79. The molecule has 0 unspecified atom stereocenters. The maximum absolute atomic E-state index is 11.9. The van der Waals surface area contributed by atoms with E-state index in [1.807, 2.05) is 28.8 Å². The predicted octanol–water partition coefficient (Wildman–Crippen LogP) is 1.43. The van der Waals surface area contributed by atoms with Crippen LogP contribution in [-0.2, 0) is 11.3 Å². The van der Waals surface area contributed by atoms with Crippen LogP contribution >= 0.6 is 0 Å². The third kappa shape index (κ3) is 5.42. The van der Waals surface area contributed by atoms with Crippen molar-refractivity contribution in [1.29, 1.82) is 0 Å². The van der Waals surface area contributed by atoms with Crippen LogP contribution in [0.2, 0.25) is 0 Å². The molecule has 1 aliphatic rings. The van der Waals surface area contributed by atoms with Gasteiger partial charge in [-0.1, -0.05) is 25.3 Å². The molecule has 0 saturated heterocycles. The molecule has 2 aromatic heterocycles. The zero-order valence-corrected chi connectivity index (χ0v) is 16.2. The van der Waals surface area contributed by atoms with Crippen molar-refractivity contribution < 1.29 is 4.79 Å². The molecule has 1 aliphatic carbocycles. The summed E-state index contributed by atoms with van der Waals surface area (Å²) in [6.07, 6.45) is 8.39. The Hall–Kier alpha value is -2.64. The summed E-state index contributed by atoms with van der Waals surface area (Å²) >= 11 is 0. The van der Waals surface area contributed by atoms with Gasteiger partial charge in [0.15, 0.2) is 17.4 Å². The normalized spacial score (nSPS) is 15.7. The number of fused-ring (bicyclic) bond motifs is 1. The molecule has 8 nitrogen and oxygen atoms in total. The van der Waals surface area contributed by atoms with Crippen molar-refractivity contribution in [3.05, 3.63) is 30.2 Å². The number of likely N-dealkylation sites (N-methyl/N-ethyl adjacent to an activating group) is 1. The molecular formula is C19H29N7O. The molecule has 27 heavy (non-hydrogen) atoms. The average Bonchev–Trinajstić information content (AvgIpc) is 3.11. The van der Waals surface area contributed by atoms with Gasteiger partial charge in [-0.25, -0.2) is 4.99 Å². The minimum absolute atomic E-state index is 0.00935. The van der Waals surface area contributed by atoms with Crippen LogP contribution in [-0.4, -0.2) is 58.5 Å². The summed E-state index contributed by atoms with van der Waals surface area (Å²) in [6.45, 7) is 1.48. The van der Waals surface area contributed by atoms with Crippen LogP contribution in [0.3, 0.4) is 0 Å². The number of carbonyl (C=O) groups is 1. The molecular weight excluding hydrogens is 342 g/mol. The molecule has 1 amide bonds. The number of hydrogen-bond donors (Lipinski definition) is 2. The van der Waals surface area contributed by atoms with Crippen molar-refractivity contribution in [2.24, 2.45) is 10.9 Å². The van der Waals surface area contributed by atoms with E-state index in [4.69, 9.17) is 0 Å². The number of amides is 1. The molecule has 3 rings (SSSR count). The van der Waals surface area contributed by atoms with Crippen LogP contribution in [0.1, 0.15) is 37.9 Å². The van der Waals surface area contributed by atoms with E-state index >= 15 is 0 Å². The Balaban J connectivity index is 1.65. The maximum Gasteiger partial charge on any atom is 0.241 e. The maximum atomic E-state index is 11.9. The lowest BCUT2D eigenvalue weighted by molar-refractivity contribution is -0.127. The first-order valence-electron chi connectivity index (χ1n) is 9.64. The third-order valence-electron chi connectivity index (χ3n) is 4.95. The molecule has 0 atom stereocenters. The van der Waals surface area contributed by atoms with Gasteiger partial charge in [-0.15, -0.1) is 10.2 Å². The number of nitrogens with zero attached hydrogens (tertiary/aromatic N) is 5. The highest BCUT2D eigenvalue weighted by Gasteiger charge is 2.14. The first-order valence-corrected chi connectivity index (χ1v) is 9.64. The minimum Gasteiger partial charge on any atom is -0.356 e. The summed E-state index contributed by atoms with van der Waals surface area (Å²) < 4.78 is 1.92. The van der Waals surface area contributed by atoms with Gasteiger partial charge in [-0.05, 0) is 30.9 Å². The van der Waals surface area contributed by atoms with E-state index in [0.29, 0.717) is 18.4 Å². The molecule has 2 N–H and O–H groups in total. The number of aromatic nitrogens is 3. The largest absolute Gasteiger partial charge is 0.356 e. The SMILES string of the molecule is CN(C)C(=O)CNC(=NCc1nnc2ccccn12)NCC1CCCCC1. The zero-order valence-electron chi connectivity index (χ0n) is 16.2. The highest BCUT2D eigenvalue weighted by Crippen LogP contribution is 2.22. The van der Waals surface area contributed by atoms with Gasteiger partial charge < -0.3 is 15.5 Å². The standard InChI is InChI=1S/C19H29N7O/c1-25(2)18(27)14-22-19(20-12-15-8-4-3-5-9-15)21-13-17-24-23-16-10-6-7-11-26(16)17/h6-7,10-11,15H,3-5,8-9,12-14H2,1-2H3,(H2,20,21,22). The minimum atomic E-state index is 0.00935. The topological polar surface area (TPSA) is 86.9 Å². The lowest BCUT2D eigenvalue weighted by atomic mass is 9.89. The molecule has 0 aromatic carbocycles. The van der Waals surface area contributed by atoms with Crippen molar-refractivity contribution in [3.63, 3.8) is 0 Å². The van der Waals surface area contributed by atoms with E-state index in [2.05, 4.69) is 25.8 Å². The van der Waals surface area contributed by atoms with Crippen LogP contribution in [0, 0.1) is 5.92 Å². The average molecular weight is 371 g/mol. The number of nitrogens with one attached hydrogen (secondary N) is 2. The quantitative estimate of drug-likeness (QED) is 0.593.